The van der Waals surface area contributed by atoms with Gasteiger partial charge in [-0.1, -0.05) is 12.1 Å². The molecule has 9 nitrogen and oxygen atoms in total. The molecule has 0 spiro atoms. The number of nitrogens with one attached hydrogen (secondary N) is 2. The molecule has 2 heterocycles. The van der Waals surface area contributed by atoms with E-state index >= 15 is 0 Å². The van der Waals surface area contributed by atoms with Crippen LogP contribution in [0.15, 0.2) is 71.3 Å². The predicted molar refractivity (Wildman–Crippen MR) is 120 cm³/mol. The second-order valence-corrected chi connectivity index (χ2v) is 7.22. The van der Waals surface area contributed by atoms with Crippen molar-refractivity contribution in [3.63, 3.8) is 0 Å². The third kappa shape index (κ3) is 4.62. The van der Waals surface area contributed by atoms with Crippen molar-refractivity contribution in [1.82, 2.24) is 0 Å². The summed E-state index contributed by atoms with van der Waals surface area (Å²) < 4.78 is 10.2. The summed E-state index contributed by atoms with van der Waals surface area (Å²) in [7, 11) is 0. The molecular weight excluding hydrogens is 426 g/mol. The molecule has 4 rings (SSSR count). The molecule has 2 aromatic carbocycles. The maximum atomic E-state index is 13.2. The maximum Gasteiger partial charge on any atom is 0.338 e. The van der Waals surface area contributed by atoms with Crippen LogP contribution in [0.2, 0.25) is 0 Å². The molecular formula is C24H21N3O6. The lowest BCUT2D eigenvalue weighted by Crippen LogP contribution is -2.52. The number of benzene rings is 2. The van der Waals surface area contributed by atoms with E-state index in [-0.39, 0.29) is 18.8 Å². The van der Waals surface area contributed by atoms with Crippen molar-refractivity contribution in [1.29, 1.82) is 0 Å². The average molecular weight is 447 g/mol. The van der Waals surface area contributed by atoms with Crippen LogP contribution < -0.4 is 15.5 Å². The van der Waals surface area contributed by atoms with Crippen LogP contribution in [0.25, 0.3) is 0 Å². The van der Waals surface area contributed by atoms with E-state index < -0.39 is 29.7 Å². The smallest absolute Gasteiger partial charge is 0.338 e. The Labute approximate surface area is 189 Å². The van der Waals surface area contributed by atoms with Gasteiger partial charge in [0.15, 0.2) is 5.76 Å². The third-order valence-corrected chi connectivity index (χ3v) is 5.05. The van der Waals surface area contributed by atoms with Gasteiger partial charge in [0.25, 0.3) is 5.91 Å². The number of carbonyl (C=O) groups is 4. The quantitative estimate of drug-likeness (QED) is 0.559. The number of furan rings is 1. The van der Waals surface area contributed by atoms with Gasteiger partial charge in [0.05, 0.1) is 36.2 Å². The van der Waals surface area contributed by atoms with Crippen LogP contribution in [0.4, 0.5) is 17.1 Å². The normalized spacial score (nSPS) is 14.8. The fraction of sp³-hybridized carbons (Fsp3) is 0.167. The molecule has 0 aliphatic carbocycles. The van der Waals surface area contributed by atoms with Gasteiger partial charge in [0.2, 0.25) is 11.8 Å². The molecule has 0 bridgehead atoms. The minimum absolute atomic E-state index is 0.0551. The van der Waals surface area contributed by atoms with Crippen LogP contribution >= 0.6 is 0 Å². The zero-order valence-electron chi connectivity index (χ0n) is 17.7. The molecule has 0 radical (unpaired) electrons. The number of rotatable bonds is 6. The number of anilines is 3. The first kappa shape index (κ1) is 21.8. The summed E-state index contributed by atoms with van der Waals surface area (Å²) in [4.78, 5) is 51.8. The van der Waals surface area contributed by atoms with E-state index in [4.69, 9.17) is 9.15 Å². The lowest BCUT2D eigenvalue weighted by atomic mass is 10.0. The summed E-state index contributed by atoms with van der Waals surface area (Å²) >= 11 is 0. The number of ether oxygens (including phenoxy) is 1. The average Bonchev–Trinajstić information content (AvgIpc) is 3.35. The topological polar surface area (TPSA) is 118 Å². The zero-order chi connectivity index (χ0) is 23.4. The molecule has 1 aliphatic heterocycles. The molecule has 1 aliphatic rings. The van der Waals surface area contributed by atoms with Gasteiger partial charge in [-0.3, -0.25) is 19.3 Å². The maximum absolute atomic E-state index is 13.2. The minimum Gasteiger partial charge on any atom is -0.462 e. The highest BCUT2D eigenvalue weighted by Gasteiger charge is 2.39. The van der Waals surface area contributed by atoms with E-state index in [1.54, 1.807) is 49.4 Å². The monoisotopic (exact) mass is 447 g/mol. The lowest BCUT2D eigenvalue weighted by molar-refractivity contribution is -0.122. The SMILES string of the molecule is CCOC(=O)c1ccc(NC(=O)C[C@@H]2C(=O)Nc3ccccc3N2C(=O)c2ccco2)cc1. The molecule has 168 valence electrons. The number of nitrogens with zero attached hydrogens (tertiary/aromatic N) is 1. The Hall–Kier alpha value is -4.40. The fourth-order valence-electron chi connectivity index (χ4n) is 3.54. The molecule has 0 unspecified atom stereocenters. The van der Waals surface area contributed by atoms with Crippen LogP contribution in [0.3, 0.4) is 0 Å². The Balaban J connectivity index is 1.54. The molecule has 3 aromatic rings. The van der Waals surface area contributed by atoms with E-state index in [2.05, 4.69) is 10.6 Å². The van der Waals surface area contributed by atoms with Gasteiger partial charge in [0.1, 0.15) is 6.04 Å². The number of carbonyl (C=O) groups excluding carboxylic acids is 4. The van der Waals surface area contributed by atoms with Crippen molar-refractivity contribution in [3.05, 3.63) is 78.3 Å². The van der Waals surface area contributed by atoms with Crippen LogP contribution in [0.5, 0.6) is 0 Å². The summed E-state index contributed by atoms with van der Waals surface area (Å²) in [6.07, 6.45) is 1.08. The Morgan fingerprint density at radius 2 is 1.82 bits per heavy atom. The summed E-state index contributed by atoms with van der Waals surface area (Å²) in [5.74, 6) is -1.89. The second-order valence-electron chi connectivity index (χ2n) is 7.22. The van der Waals surface area contributed by atoms with Crippen molar-refractivity contribution >= 4 is 40.8 Å². The molecule has 3 amide bonds. The number of fused-ring (bicyclic) bond motifs is 1. The van der Waals surface area contributed by atoms with Crippen molar-refractivity contribution < 1.29 is 28.3 Å². The van der Waals surface area contributed by atoms with Crippen LogP contribution in [0.1, 0.15) is 34.3 Å². The van der Waals surface area contributed by atoms with Crippen molar-refractivity contribution in [3.8, 4) is 0 Å². The molecule has 1 atom stereocenters. The number of para-hydroxylation sites is 2. The van der Waals surface area contributed by atoms with E-state index in [0.717, 1.165) is 0 Å². The highest BCUT2D eigenvalue weighted by Crippen LogP contribution is 2.34. The number of esters is 1. The Kier molecular flexibility index (Phi) is 6.21. The van der Waals surface area contributed by atoms with Gasteiger partial charge >= 0.3 is 5.97 Å². The molecule has 9 heteroatoms. The van der Waals surface area contributed by atoms with E-state index in [9.17, 15) is 19.2 Å². The van der Waals surface area contributed by atoms with Gasteiger partial charge in [0, 0.05) is 5.69 Å². The highest BCUT2D eigenvalue weighted by atomic mass is 16.5. The summed E-state index contributed by atoms with van der Waals surface area (Å²) in [5, 5.41) is 5.44. The highest BCUT2D eigenvalue weighted by molar-refractivity contribution is 6.17. The summed E-state index contributed by atoms with van der Waals surface area (Å²) in [5.41, 5.74) is 1.73. The first-order valence-electron chi connectivity index (χ1n) is 10.3. The van der Waals surface area contributed by atoms with Gasteiger partial charge in [-0.05, 0) is 55.5 Å². The number of hydrogen-bond acceptors (Lipinski definition) is 6. The first-order chi connectivity index (χ1) is 16.0. The predicted octanol–water partition coefficient (Wildman–Crippen LogP) is 3.45. The van der Waals surface area contributed by atoms with Gasteiger partial charge < -0.3 is 19.8 Å². The van der Waals surface area contributed by atoms with Gasteiger partial charge in [-0.15, -0.1) is 0 Å². The Morgan fingerprint density at radius 3 is 2.52 bits per heavy atom. The molecule has 2 N–H and O–H groups in total. The van der Waals surface area contributed by atoms with Gasteiger partial charge in [-0.2, -0.15) is 0 Å². The fourth-order valence-corrected chi connectivity index (χ4v) is 3.54. The number of hydrogen-bond donors (Lipinski definition) is 2. The molecule has 0 saturated heterocycles. The molecule has 0 saturated carbocycles. The summed E-state index contributed by atoms with van der Waals surface area (Å²) in [6.45, 7) is 1.98. The standard InChI is InChI=1S/C24H21N3O6/c1-2-32-24(31)15-9-11-16(12-10-15)25-21(28)14-19-22(29)26-17-6-3-4-7-18(17)27(19)23(30)20-8-5-13-33-20/h3-13,19H,2,14H2,1H3,(H,25,28)(H,26,29)/t19-/m1/s1. The third-order valence-electron chi connectivity index (χ3n) is 5.05. The van der Waals surface area contributed by atoms with E-state index in [0.29, 0.717) is 22.6 Å². The van der Waals surface area contributed by atoms with Crippen LogP contribution in [-0.2, 0) is 14.3 Å². The second kappa shape index (κ2) is 9.39. The largest absolute Gasteiger partial charge is 0.462 e. The Morgan fingerprint density at radius 1 is 1.06 bits per heavy atom. The lowest BCUT2D eigenvalue weighted by Gasteiger charge is -2.35. The zero-order valence-corrected chi connectivity index (χ0v) is 17.7. The van der Waals surface area contributed by atoms with Crippen LogP contribution in [-0.4, -0.2) is 36.3 Å². The number of amides is 3. The molecule has 1 aromatic heterocycles. The van der Waals surface area contributed by atoms with E-state index in [1.165, 1.54) is 29.4 Å². The van der Waals surface area contributed by atoms with E-state index in [1.807, 2.05) is 0 Å². The van der Waals surface area contributed by atoms with Gasteiger partial charge in [-0.25, -0.2) is 4.79 Å². The van der Waals surface area contributed by atoms with Crippen molar-refractivity contribution in [2.24, 2.45) is 0 Å². The minimum atomic E-state index is -1.09. The molecule has 33 heavy (non-hydrogen) atoms. The molecule has 0 fully saturated rings. The van der Waals surface area contributed by atoms with Crippen molar-refractivity contribution in [2.75, 3.05) is 22.1 Å². The van der Waals surface area contributed by atoms with Crippen molar-refractivity contribution in [2.45, 2.75) is 19.4 Å². The first-order valence-corrected chi connectivity index (χ1v) is 10.3. The van der Waals surface area contributed by atoms with Crippen LogP contribution in [0, 0.1) is 0 Å². The summed E-state index contributed by atoms with van der Waals surface area (Å²) in [6, 6.07) is 15.0. The Bertz CT molecular complexity index is 1190.